The zero-order valence-corrected chi connectivity index (χ0v) is 30.6. The summed E-state index contributed by atoms with van der Waals surface area (Å²) in [6.45, 7) is 4.12. The summed E-state index contributed by atoms with van der Waals surface area (Å²) < 4.78 is 10.6. The fourth-order valence-electron chi connectivity index (χ4n) is 5.70. The van der Waals surface area contributed by atoms with Crippen molar-refractivity contribution in [3.63, 3.8) is 0 Å². The summed E-state index contributed by atoms with van der Waals surface area (Å²) in [5.74, 6) is -0.592. The van der Waals surface area contributed by atoms with Crippen LogP contribution in [0.25, 0.3) is 0 Å². The molecule has 0 aliphatic rings. The lowest BCUT2D eigenvalue weighted by molar-refractivity contribution is -0.161. The lowest BCUT2D eigenvalue weighted by Gasteiger charge is -2.15. The van der Waals surface area contributed by atoms with E-state index in [-0.39, 0.29) is 25.2 Å². The van der Waals surface area contributed by atoms with Crippen molar-refractivity contribution >= 4 is 11.9 Å². The maximum Gasteiger partial charge on any atom is 0.306 e. The van der Waals surface area contributed by atoms with Crippen molar-refractivity contribution < 1.29 is 24.2 Å². The van der Waals surface area contributed by atoms with E-state index in [0.717, 1.165) is 44.9 Å². The summed E-state index contributed by atoms with van der Waals surface area (Å²) in [4.78, 5) is 24.2. The monoisotopic (exact) mass is 649 g/mol. The summed E-state index contributed by atoms with van der Waals surface area (Å²) in [7, 11) is 0. The van der Waals surface area contributed by atoms with Gasteiger partial charge in [0.15, 0.2) is 6.10 Å². The lowest BCUT2D eigenvalue weighted by Crippen LogP contribution is -2.28. The van der Waals surface area contributed by atoms with E-state index in [1.54, 1.807) is 0 Å². The highest BCUT2D eigenvalue weighted by Crippen LogP contribution is 2.15. The van der Waals surface area contributed by atoms with E-state index in [1.165, 1.54) is 135 Å². The van der Waals surface area contributed by atoms with Crippen LogP contribution in [0.3, 0.4) is 0 Å². The summed E-state index contributed by atoms with van der Waals surface area (Å²) in [6.07, 6.45) is 43.7. The molecule has 270 valence electrons. The van der Waals surface area contributed by atoms with Gasteiger partial charge in [-0.25, -0.2) is 0 Å². The minimum atomic E-state index is -0.769. The van der Waals surface area contributed by atoms with E-state index in [4.69, 9.17) is 9.47 Å². The first kappa shape index (κ1) is 44.4. The van der Waals surface area contributed by atoms with Crippen molar-refractivity contribution in [2.75, 3.05) is 13.2 Å². The molecule has 5 nitrogen and oxygen atoms in total. The van der Waals surface area contributed by atoms with Gasteiger partial charge in [-0.2, -0.15) is 0 Å². The maximum atomic E-state index is 12.2. The molecule has 1 atom stereocenters. The highest BCUT2D eigenvalue weighted by Gasteiger charge is 2.16. The SMILES string of the molecule is CCCCCC=CCC=CCCCCCCCCCC(=O)OC[C@H](CO)OC(=O)CCCCCCCCCCCCCCCCC. The zero-order chi connectivity index (χ0) is 33.6. The molecule has 0 spiro atoms. The molecule has 0 rings (SSSR count). The molecule has 0 radical (unpaired) electrons. The van der Waals surface area contributed by atoms with Crippen molar-refractivity contribution in [1.82, 2.24) is 0 Å². The normalized spacial score (nSPS) is 12.3. The average Bonchev–Trinajstić information content (AvgIpc) is 3.06. The number of rotatable bonds is 36. The van der Waals surface area contributed by atoms with E-state index >= 15 is 0 Å². The smallest absolute Gasteiger partial charge is 0.306 e. The van der Waals surface area contributed by atoms with Gasteiger partial charge in [0.2, 0.25) is 0 Å². The predicted molar refractivity (Wildman–Crippen MR) is 196 cm³/mol. The fraction of sp³-hybridized carbons (Fsp3) is 0.854. The van der Waals surface area contributed by atoms with Crippen molar-refractivity contribution in [2.24, 2.45) is 0 Å². The molecular formula is C41H76O5. The number of esters is 2. The van der Waals surface area contributed by atoms with Crippen molar-refractivity contribution in [2.45, 2.75) is 213 Å². The van der Waals surface area contributed by atoms with Crippen LogP contribution in [0.2, 0.25) is 0 Å². The molecule has 0 heterocycles. The highest BCUT2D eigenvalue weighted by molar-refractivity contribution is 5.70. The Kier molecular flexibility index (Phi) is 36.5. The Morgan fingerprint density at radius 3 is 1.33 bits per heavy atom. The lowest BCUT2D eigenvalue weighted by atomic mass is 10.0. The highest BCUT2D eigenvalue weighted by atomic mass is 16.6. The third kappa shape index (κ3) is 35.2. The molecule has 0 saturated carbocycles. The number of hydrogen-bond donors (Lipinski definition) is 1. The molecule has 5 heteroatoms. The molecule has 0 amide bonds. The van der Waals surface area contributed by atoms with Crippen LogP contribution >= 0.6 is 0 Å². The molecule has 1 N–H and O–H groups in total. The summed E-state index contributed by atoms with van der Waals surface area (Å²) in [5.41, 5.74) is 0. The van der Waals surface area contributed by atoms with Gasteiger partial charge in [-0.3, -0.25) is 9.59 Å². The second-order valence-electron chi connectivity index (χ2n) is 13.4. The van der Waals surface area contributed by atoms with Gasteiger partial charge in [0, 0.05) is 12.8 Å². The molecule has 0 unspecified atom stereocenters. The van der Waals surface area contributed by atoms with E-state index in [0.29, 0.717) is 12.8 Å². The molecule has 0 aromatic heterocycles. The number of aliphatic hydroxyl groups is 1. The van der Waals surface area contributed by atoms with Gasteiger partial charge in [-0.1, -0.05) is 173 Å². The molecule has 0 aliphatic heterocycles. The first-order valence-electron chi connectivity index (χ1n) is 19.9. The van der Waals surface area contributed by atoms with E-state index in [9.17, 15) is 14.7 Å². The molecular weight excluding hydrogens is 572 g/mol. The largest absolute Gasteiger partial charge is 0.462 e. The Balaban J connectivity index is 3.54. The quantitative estimate of drug-likeness (QED) is 0.0416. The summed E-state index contributed by atoms with van der Waals surface area (Å²) >= 11 is 0. The van der Waals surface area contributed by atoms with Gasteiger partial charge < -0.3 is 14.6 Å². The summed E-state index contributed by atoms with van der Waals surface area (Å²) in [6, 6.07) is 0. The first-order chi connectivity index (χ1) is 22.6. The number of ether oxygens (including phenoxy) is 2. The molecule has 0 aromatic carbocycles. The molecule has 0 saturated heterocycles. The minimum Gasteiger partial charge on any atom is -0.462 e. The molecule has 0 aliphatic carbocycles. The summed E-state index contributed by atoms with van der Waals surface area (Å²) in [5, 5.41) is 9.55. The molecule has 0 aromatic rings. The number of carbonyl (C=O) groups is 2. The second kappa shape index (κ2) is 37.8. The Hall–Kier alpha value is -1.62. The van der Waals surface area contributed by atoms with Gasteiger partial charge >= 0.3 is 11.9 Å². The van der Waals surface area contributed by atoms with Gasteiger partial charge in [0.1, 0.15) is 6.61 Å². The van der Waals surface area contributed by atoms with Crippen LogP contribution in [0, 0.1) is 0 Å². The van der Waals surface area contributed by atoms with Gasteiger partial charge in [0.05, 0.1) is 6.61 Å². The minimum absolute atomic E-state index is 0.0659. The third-order valence-electron chi connectivity index (χ3n) is 8.75. The van der Waals surface area contributed by atoms with Gasteiger partial charge in [0.25, 0.3) is 0 Å². The van der Waals surface area contributed by atoms with E-state index in [1.807, 2.05) is 0 Å². The number of carbonyl (C=O) groups excluding carboxylic acids is 2. The van der Waals surface area contributed by atoms with E-state index < -0.39 is 6.10 Å². The van der Waals surface area contributed by atoms with Crippen LogP contribution in [-0.2, 0) is 19.1 Å². The van der Waals surface area contributed by atoms with Crippen molar-refractivity contribution in [1.29, 1.82) is 0 Å². The van der Waals surface area contributed by atoms with Crippen LogP contribution in [0.5, 0.6) is 0 Å². The Morgan fingerprint density at radius 2 is 0.870 bits per heavy atom. The molecule has 0 fully saturated rings. The van der Waals surface area contributed by atoms with Crippen LogP contribution in [-0.4, -0.2) is 36.4 Å². The first-order valence-corrected chi connectivity index (χ1v) is 19.9. The average molecular weight is 649 g/mol. The van der Waals surface area contributed by atoms with Crippen LogP contribution in [0.1, 0.15) is 206 Å². The number of allylic oxidation sites excluding steroid dienone is 4. The maximum absolute atomic E-state index is 12.2. The number of aliphatic hydroxyl groups excluding tert-OH is 1. The van der Waals surface area contributed by atoms with Crippen LogP contribution < -0.4 is 0 Å². The Bertz CT molecular complexity index is 701. The number of hydrogen-bond acceptors (Lipinski definition) is 5. The predicted octanol–water partition coefficient (Wildman–Crippen LogP) is 12.3. The van der Waals surface area contributed by atoms with Crippen molar-refractivity contribution in [3.8, 4) is 0 Å². The zero-order valence-electron chi connectivity index (χ0n) is 30.6. The van der Waals surface area contributed by atoms with Gasteiger partial charge in [-0.05, 0) is 44.9 Å². The van der Waals surface area contributed by atoms with Gasteiger partial charge in [-0.15, -0.1) is 0 Å². The number of unbranched alkanes of at least 4 members (excludes halogenated alkanes) is 24. The Morgan fingerprint density at radius 1 is 0.500 bits per heavy atom. The van der Waals surface area contributed by atoms with Crippen molar-refractivity contribution in [3.05, 3.63) is 24.3 Å². The fourth-order valence-corrected chi connectivity index (χ4v) is 5.70. The molecule has 0 bridgehead atoms. The third-order valence-corrected chi connectivity index (χ3v) is 8.75. The standard InChI is InChI=1S/C41H76O5/c1-3-5-7-9-11-13-15-17-19-20-22-23-25-27-29-31-33-35-40(43)45-38-39(37-42)46-41(44)36-34-32-30-28-26-24-21-18-16-14-12-10-8-6-4-2/h11,13,17,19,39,42H,3-10,12,14-16,18,20-38H2,1-2H3/t39-/m0/s1. The second-order valence-corrected chi connectivity index (χ2v) is 13.4. The Labute approximate surface area is 285 Å². The van der Waals surface area contributed by atoms with Crippen LogP contribution in [0.15, 0.2) is 24.3 Å². The topological polar surface area (TPSA) is 72.8 Å². The molecule has 46 heavy (non-hydrogen) atoms. The van der Waals surface area contributed by atoms with Crippen LogP contribution in [0.4, 0.5) is 0 Å². The van der Waals surface area contributed by atoms with E-state index in [2.05, 4.69) is 38.2 Å².